The maximum Gasteiger partial charge on any atom is 0.255 e. The van der Waals surface area contributed by atoms with E-state index < -0.39 is 5.60 Å². The second-order valence-electron chi connectivity index (χ2n) is 5.53. The van der Waals surface area contributed by atoms with Gasteiger partial charge in [0, 0.05) is 18.0 Å². The molecule has 0 bridgehead atoms. The third kappa shape index (κ3) is 3.47. The van der Waals surface area contributed by atoms with Gasteiger partial charge >= 0.3 is 0 Å². The van der Waals surface area contributed by atoms with Gasteiger partial charge in [0.05, 0.1) is 28.9 Å². The van der Waals surface area contributed by atoms with Crippen LogP contribution in [0.15, 0.2) is 23.1 Å². The summed E-state index contributed by atoms with van der Waals surface area (Å²) >= 11 is 10.3. The Morgan fingerprint density at radius 3 is 2.95 bits per heavy atom. The lowest BCUT2D eigenvalue weighted by molar-refractivity contribution is -0.139. The molecular formula is C14H18ClNO3S. The molecule has 1 unspecified atom stereocenters. The smallest absolute Gasteiger partial charge is 0.255 e. The van der Waals surface area contributed by atoms with Gasteiger partial charge < -0.3 is 14.7 Å². The number of amides is 1. The van der Waals surface area contributed by atoms with Crippen molar-refractivity contribution < 1.29 is 14.6 Å². The van der Waals surface area contributed by atoms with Crippen molar-refractivity contribution in [3.05, 3.63) is 28.8 Å². The van der Waals surface area contributed by atoms with Crippen molar-refractivity contribution in [1.82, 2.24) is 4.90 Å². The number of aliphatic hydroxyl groups excluding tert-OH is 1. The van der Waals surface area contributed by atoms with E-state index in [4.69, 9.17) is 16.3 Å². The first kappa shape index (κ1) is 15.6. The molecule has 1 N–H and O–H groups in total. The molecule has 0 saturated carbocycles. The number of hydrogen-bond donors (Lipinski definition) is 2. The van der Waals surface area contributed by atoms with E-state index in [1.165, 1.54) is 0 Å². The van der Waals surface area contributed by atoms with E-state index in [-0.39, 0.29) is 18.6 Å². The Morgan fingerprint density at radius 1 is 1.60 bits per heavy atom. The van der Waals surface area contributed by atoms with Crippen LogP contribution in [0.3, 0.4) is 0 Å². The van der Waals surface area contributed by atoms with Gasteiger partial charge in [-0.1, -0.05) is 11.6 Å². The molecule has 2 rings (SSSR count). The number of halogens is 1. The molecule has 20 heavy (non-hydrogen) atoms. The summed E-state index contributed by atoms with van der Waals surface area (Å²) in [6, 6.07) is 5.05. The molecule has 4 nitrogen and oxygen atoms in total. The molecule has 1 heterocycles. The van der Waals surface area contributed by atoms with Crippen LogP contribution in [0.4, 0.5) is 0 Å². The minimum atomic E-state index is -0.494. The first-order valence-corrected chi connectivity index (χ1v) is 7.21. The van der Waals surface area contributed by atoms with Crippen LogP contribution in [0.1, 0.15) is 24.2 Å². The Balaban J connectivity index is 2.25. The molecule has 1 saturated heterocycles. The Labute approximate surface area is 129 Å². The Kier molecular flexibility index (Phi) is 4.64. The van der Waals surface area contributed by atoms with Crippen LogP contribution in [0.2, 0.25) is 5.02 Å². The molecule has 1 fully saturated rings. The van der Waals surface area contributed by atoms with Crippen LogP contribution in [0.5, 0.6) is 0 Å². The van der Waals surface area contributed by atoms with E-state index in [2.05, 4.69) is 12.6 Å². The Bertz CT molecular complexity index is 521. The second-order valence-corrected chi connectivity index (χ2v) is 6.46. The van der Waals surface area contributed by atoms with Crippen molar-refractivity contribution >= 4 is 30.1 Å². The van der Waals surface area contributed by atoms with Crippen molar-refractivity contribution in [3.8, 4) is 0 Å². The molecule has 110 valence electrons. The Hall–Kier alpha value is -0.750. The van der Waals surface area contributed by atoms with E-state index in [1.807, 2.05) is 13.8 Å². The molecule has 0 spiro atoms. The number of benzene rings is 1. The number of thiol groups is 1. The molecule has 6 heteroatoms. The van der Waals surface area contributed by atoms with Crippen molar-refractivity contribution in [2.24, 2.45) is 0 Å². The third-order valence-corrected chi connectivity index (χ3v) is 3.76. The number of carbonyl (C=O) groups is 1. The summed E-state index contributed by atoms with van der Waals surface area (Å²) in [4.78, 5) is 14.9. The van der Waals surface area contributed by atoms with Gasteiger partial charge in [0.1, 0.15) is 0 Å². The highest BCUT2D eigenvalue weighted by Gasteiger charge is 2.36. The molecule has 1 aromatic carbocycles. The summed E-state index contributed by atoms with van der Waals surface area (Å²) in [5, 5.41) is 9.69. The summed E-state index contributed by atoms with van der Waals surface area (Å²) in [6.07, 6.45) is -0.374. The van der Waals surface area contributed by atoms with Crippen LogP contribution < -0.4 is 0 Å². The van der Waals surface area contributed by atoms with E-state index in [0.717, 1.165) is 0 Å². The second kappa shape index (κ2) is 5.93. The quantitative estimate of drug-likeness (QED) is 0.823. The zero-order chi connectivity index (χ0) is 14.9. The van der Waals surface area contributed by atoms with Gasteiger partial charge in [-0.3, -0.25) is 4.79 Å². The van der Waals surface area contributed by atoms with Gasteiger partial charge in [0.2, 0.25) is 0 Å². The lowest BCUT2D eigenvalue weighted by Gasteiger charge is -2.42. The summed E-state index contributed by atoms with van der Waals surface area (Å²) in [7, 11) is 0. The standard InChI is InChI=1S/C14H18ClNO3S/c1-14(2)8-16(6-9(7-17)19-14)13(18)11-5-10(20)3-4-12(11)15/h3-5,9,17,20H,6-8H2,1-2H3. The summed E-state index contributed by atoms with van der Waals surface area (Å²) in [5.41, 5.74) is -0.0691. The molecule has 1 aromatic rings. The summed E-state index contributed by atoms with van der Waals surface area (Å²) in [6.45, 7) is 4.48. The van der Waals surface area contributed by atoms with Gasteiger partial charge in [0.25, 0.3) is 5.91 Å². The lowest BCUT2D eigenvalue weighted by atomic mass is 10.0. The number of aliphatic hydroxyl groups is 1. The van der Waals surface area contributed by atoms with Gasteiger partial charge in [-0.2, -0.15) is 0 Å². The van der Waals surface area contributed by atoms with E-state index in [9.17, 15) is 9.90 Å². The first-order chi connectivity index (χ1) is 9.32. The number of ether oxygens (including phenoxy) is 1. The number of morpholine rings is 1. The van der Waals surface area contributed by atoms with Crippen molar-refractivity contribution in [1.29, 1.82) is 0 Å². The molecule has 1 aliphatic heterocycles. The number of hydrogen-bond acceptors (Lipinski definition) is 4. The maximum atomic E-state index is 12.6. The highest BCUT2D eigenvalue weighted by atomic mass is 35.5. The highest BCUT2D eigenvalue weighted by Crippen LogP contribution is 2.26. The van der Waals surface area contributed by atoms with Crippen LogP contribution in [0.25, 0.3) is 0 Å². The molecular weight excluding hydrogens is 298 g/mol. The number of nitrogens with zero attached hydrogens (tertiary/aromatic N) is 1. The monoisotopic (exact) mass is 315 g/mol. The van der Waals surface area contributed by atoms with Crippen LogP contribution in [-0.2, 0) is 4.74 Å². The normalized spacial score (nSPS) is 21.9. The van der Waals surface area contributed by atoms with E-state index in [1.54, 1.807) is 23.1 Å². The molecule has 1 amide bonds. The minimum absolute atomic E-state index is 0.118. The van der Waals surface area contributed by atoms with Gasteiger partial charge in [-0.25, -0.2) is 0 Å². The molecule has 0 aromatic heterocycles. The maximum absolute atomic E-state index is 12.6. The topological polar surface area (TPSA) is 49.8 Å². The zero-order valence-electron chi connectivity index (χ0n) is 11.5. The van der Waals surface area contributed by atoms with Crippen molar-refractivity contribution in [2.75, 3.05) is 19.7 Å². The van der Waals surface area contributed by atoms with Gasteiger partial charge in [-0.05, 0) is 32.0 Å². The predicted molar refractivity (Wildman–Crippen MR) is 80.6 cm³/mol. The summed E-state index contributed by atoms with van der Waals surface area (Å²) < 4.78 is 5.70. The molecule has 0 aliphatic carbocycles. The molecule has 0 radical (unpaired) electrons. The zero-order valence-corrected chi connectivity index (χ0v) is 13.1. The summed E-state index contributed by atoms with van der Waals surface area (Å²) in [5.74, 6) is -0.166. The fourth-order valence-corrected chi connectivity index (χ4v) is 2.79. The first-order valence-electron chi connectivity index (χ1n) is 6.39. The average molecular weight is 316 g/mol. The SMILES string of the molecule is CC1(C)CN(C(=O)c2cc(S)ccc2Cl)CC(CO)O1. The van der Waals surface area contributed by atoms with Crippen molar-refractivity contribution in [2.45, 2.75) is 30.4 Å². The third-order valence-electron chi connectivity index (χ3n) is 3.15. The fourth-order valence-electron chi connectivity index (χ4n) is 2.39. The fraction of sp³-hybridized carbons (Fsp3) is 0.500. The minimum Gasteiger partial charge on any atom is -0.394 e. The number of carbonyl (C=O) groups excluding carboxylic acids is 1. The van der Waals surface area contributed by atoms with Crippen LogP contribution in [-0.4, -0.2) is 47.3 Å². The van der Waals surface area contributed by atoms with Gasteiger partial charge in [0.15, 0.2) is 0 Å². The van der Waals surface area contributed by atoms with E-state index in [0.29, 0.717) is 28.6 Å². The largest absolute Gasteiger partial charge is 0.394 e. The highest BCUT2D eigenvalue weighted by molar-refractivity contribution is 7.80. The van der Waals surface area contributed by atoms with E-state index >= 15 is 0 Å². The lowest BCUT2D eigenvalue weighted by Crippen LogP contribution is -2.55. The van der Waals surface area contributed by atoms with Gasteiger partial charge in [-0.15, -0.1) is 12.6 Å². The molecule has 1 aliphatic rings. The van der Waals surface area contributed by atoms with Crippen LogP contribution >= 0.6 is 24.2 Å². The van der Waals surface area contributed by atoms with Crippen LogP contribution in [0, 0.1) is 0 Å². The Morgan fingerprint density at radius 2 is 2.30 bits per heavy atom. The molecule has 1 atom stereocenters. The predicted octanol–water partition coefficient (Wildman–Crippen LogP) is 2.24. The number of rotatable bonds is 2. The van der Waals surface area contributed by atoms with Crippen molar-refractivity contribution in [3.63, 3.8) is 0 Å². The average Bonchev–Trinajstić information content (AvgIpc) is 2.38.